The normalized spacial score (nSPS) is 15.1. The monoisotopic (exact) mass is 1420 g/mol. The average molecular weight is 1420 g/mol. The third-order valence-corrected chi connectivity index (χ3v) is 16.5. The van der Waals surface area contributed by atoms with Crippen LogP contribution < -0.4 is 0 Å². The van der Waals surface area contributed by atoms with E-state index in [1.54, 1.807) is 0 Å². The minimum Gasteiger partial charge on any atom is -0.463 e. The third-order valence-electron chi connectivity index (χ3n) is 14.6. The lowest BCUT2D eigenvalue weighted by molar-refractivity contribution is -0.161. The van der Waals surface area contributed by atoms with Crippen molar-refractivity contribution in [2.45, 2.75) is 270 Å². The highest BCUT2D eigenvalue weighted by atomic mass is 31.2. The van der Waals surface area contributed by atoms with Gasteiger partial charge in [0, 0.05) is 19.3 Å². The van der Waals surface area contributed by atoms with Crippen LogP contribution in [0.5, 0.6) is 0 Å². The molecule has 0 heterocycles. The molecule has 4 N–H and O–H groups in total. The number of aliphatic hydroxyl groups excluding tert-OH is 2. The molecule has 560 valence electrons. The van der Waals surface area contributed by atoms with E-state index in [0.29, 0.717) is 19.3 Å². The fourth-order valence-electron chi connectivity index (χ4n) is 9.06. The van der Waals surface area contributed by atoms with Gasteiger partial charge in [0.1, 0.15) is 25.4 Å². The zero-order chi connectivity index (χ0) is 72.3. The van der Waals surface area contributed by atoms with E-state index in [9.17, 15) is 43.5 Å². The molecular formula is C81H130O16P2. The number of ether oxygens (including phenoxy) is 3. The van der Waals surface area contributed by atoms with E-state index in [4.69, 9.17) is 32.3 Å². The van der Waals surface area contributed by atoms with Crippen molar-refractivity contribution in [3.63, 3.8) is 0 Å². The van der Waals surface area contributed by atoms with Crippen LogP contribution in [0.2, 0.25) is 0 Å². The first-order valence-corrected chi connectivity index (χ1v) is 40.1. The molecule has 16 nitrogen and oxygen atoms in total. The van der Waals surface area contributed by atoms with Crippen molar-refractivity contribution in [1.82, 2.24) is 0 Å². The summed E-state index contributed by atoms with van der Waals surface area (Å²) >= 11 is 0. The van der Waals surface area contributed by atoms with Gasteiger partial charge in [0.25, 0.3) is 0 Å². The van der Waals surface area contributed by atoms with Crippen LogP contribution in [-0.4, -0.2) is 95.9 Å². The van der Waals surface area contributed by atoms with Gasteiger partial charge in [0.15, 0.2) is 6.10 Å². The van der Waals surface area contributed by atoms with Crippen molar-refractivity contribution >= 4 is 33.6 Å². The van der Waals surface area contributed by atoms with Crippen LogP contribution in [0.3, 0.4) is 0 Å². The van der Waals surface area contributed by atoms with Crippen LogP contribution >= 0.6 is 15.6 Å². The lowest BCUT2D eigenvalue weighted by Gasteiger charge is -2.21. The van der Waals surface area contributed by atoms with Gasteiger partial charge >= 0.3 is 33.6 Å². The molecule has 0 aromatic rings. The lowest BCUT2D eigenvalue weighted by atomic mass is 10.1. The second-order valence-corrected chi connectivity index (χ2v) is 26.9. The van der Waals surface area contributed by atoms with Gasteiger partial charge in [-0.15, -0.1) is 0 Å². The smallest absolute Gasteiger partial charge is 0.463 e. The molecule has 18 heteroatoms. The number of unbranched alkanes of at least 4 members (excludes halogenated alkanes) is 15. The molecule has 0 amide bonds. The Labute approximate surface area is 598 Å². The lowest BCUT2D eigenvalue weighted by Crippen LogP contribution is -2.30. The number of phosphoric ester groups is 2. The Hall–Kier alpha value is -5.35. The van der Waals surface area contributed by atoms with E-state index in [0.717, 1.165) is 193 Å². The summed E-state index contributed by atoms with van der Waals surface area (Å²) in [5.74, 6) is -1.66. The Kier molecular flexibility index (Phi) is 68.5. The summed E-state index contributed by atoms with van der Waals surface area (Å²) in [5.41, 5.74) is 0. The molecule has 0 aliphatic rings. The van der Waals surface area contributed by atoms with E-state index < -0.39 is 91.5 Å². The quantitative estimate of drug-likeness (QED) is 0.0146. The maximum absolute atomic E-state index is 13.0. The number of hydrogen-bond donors (Lipinski definition) is 4. The van der Waals surface area contributed by atoms with Crippen LogP contribution in [0, 0.1) is 0 Å². The zero-order valence-corrected chi connectivity index (χ0v) is 62.6. The van der Waals surface area contributed by atoms with Crippen molar-refractivity contribution in [2.24, 2.45) is 0 Å². The van der Waals surface area contributed by atoms with Crippen molar-refractivity contribution in [3.05, 3.63) is 182 Å². The highest BCUT2D eigenvalue weighted by Crippen LogP contribution is 2.45. The average Bonchev–Trinajstić information content (AvgIpc) is 2.90. The van der Waals surface area contributed by atoms with Gasteiger partial charge in [-0.1, -0.05) is 261 Å². The summed E-state index contributed by atoms with van der Waals surface area (Å²) < 4.78 is 61.0. The summed E-state index contributed by atoms with van der Waals surface area (Å²) in [6.07, 6.45) is 92.1. The molecule has 0 bridgehead atoms. The number of hydrogen-bond acceptors (Lipinski definition) is 14. The summed E-state index contributed by atoms with van der Waals surface area (Å²) in [7, 11) is -9.82. The molecular weight excluding hydrogens is 1290 g/mol. The summed E-state index contributed by atoms with van der Waals surface area (Å²) in [5, 5.41) is 20.6. The molecule has 0 fully saturated rings. The Morgan fingerprint density at radius 2 is 0.505 bits per heavy atom. The van der Waals surface area contributed by atoms with Gasteiger partial charge < -0.3 is 34.2 Å². The van der Waals surface area contributed by atoms with Crippen molar-refractivity contribution < 1.29 is 75.8 Å². The number of allylic oxidation sites excluding steroid dienone is 30. The minimum atomic E-state index is -4.95. The first-order valence-electron chi connectivity index (χ1n) is 37.1. The Morgan fingerprint density at radius 1 is 0.283 bits per heavy atom. The maximum atomic E-state index is 13.0. The number of esters is 3. The van der Waals surface area contributed by atoms with E-state index in [2.05, 4.69) is 203 Å². The number of carbonyl (C=O) groups is 3. The predicted molar refractivity (Wildman–Crippen MR) is 408 cm³/mol. The summed E-state index contributed by atoms with van der Waals surface area (Å²) in [4.78, 5) is 58.6. The Balaban J connectivity index is 4.73. The Morgan fingerprint density at radius 3 is 0.808 bits per heavy atom. The first kappa shape index (κ1) is 93.6. The molecule has 5 unspecified atom stereocenters. The van der Waals surface area contributed by atoms with Gasteiger partial charge in [-0.05, 0) is 154 Å². The van der Waals surface area contributed by atoms with Gasteiger partial charge in [0.05, 0.1) is 26.4 Å². The first-order chi connectivity index (χ1) is 48.2. The van der Waals surface area contributed by atoms with Crippen LogP contribution in [0.4, 0.5) is 0 Å². The number of rotatable bonds is 68. The van der Waals surface area contributed by atoms with Gasteiger partial charge in [-0.25, -0.2) is 9.13 Å². The molecule has 0 aromatic carbocycles. The number of carbonyl (C=O) groups excluding carboxylic acids is 3. The van der Waals surface area contributed by atoms with E-state index in [1.807, 2.05) is 0 Å². The van der Waals surface area contributed by atoms with Crippen LogP contribution in [0.15, 0.2) is 182 Å². The van der Waals surface area contributed by atoms with Crippen LogP contribution in [-0.2, 0) is 55.8 Å². The Bertz CT molecular complexity index is 2530. The zero-order valence-electron chi connectivity index (χ0n) is 60.8. The maximum Gasteiger partial charge on any atom is 0.472 e. The largest absolute Gasteiger partial charge is 0.472 e. The number of aliphatic hydroxyl groups is 2. The fraction of sp³-hybridized carbons (Fsp3) is 0.593. The van der Waals surface area contributed by atoms with E-state index >= 15 is 0 Å². The molecule has 0 aliphatic heterocycles. The molecule has 0 rings (SSSR count). The molecule has 0 aromatic heterocycles. The number of phosphoric acid groups is 2. The van der Waals surface area contributed by atoms with Crippen molar-refractivity contribution in [2.75, 3.05) is 39.6 Å². The van der Waals surface area contributed by atoms with Gasteiger partial charge in [0.2, 0.25) is 0 Å². The highest BCUT2D eigenvalue weighted by Gasteiger charge is 2.29. The highest BCUT2D eigenvalue weighted by molar-refractivity contribution is 7.47. The van der Waals surface area contributed by atoms with Crippen LogP contribution in [0.1, 0.15) is 252 Å². The molecule has 99 heavy (non-hydrogen) atoms. The molecule has 0 radical (unpaired) electrons. The summed E-state index contributed by atoms with van der Waals surface area (Å²) in [6.45, 7) is 2.23. The molecule has 0 spiro atoms. The fourth-order valence-corrected chi connectivity index (χ4v) is 10.6. The molecule has 0 saturated heterocycles. The second-order valence-electron chi connectivity index (χ2n) is 23.9. The van der Waals surface area contributed by atoms with Gasteiger partial charge in [-0.2, -0.15) is 0 Å². The third kappa shape index (κ3) is 73.7. The van der Waals surface area contributed by atoms with Gasteiger partial charge in [-0.3, -0.25) is 32.5 Å². The topological polar surface area (TPSA) is 231 Å². The van der Waals surface area contributed by atoms with Crippen molar-refractivity contribution in [3.8, 4) is 0 Å². The van der Waals surface area contributed by atoms with Crippen LogP contribution in [0.25, 0.3) is 0 Å². The van der Waals surface area contributed by atoms with E-state index in [-0.39, 0.29) is 19.3 Å². The molecule has 0 saturated carbocycles. The summed E-state index contributed by atoms with van der Waals surface area (Å²) in [6, 6.07) is 0. The second kappa shape index (κ2) is 72.4. The van der Waals surface area contributed by atoms with Crippen molar-refractivity contribution in [1.29, 1.82) is 0 Å². The molecule has 0 aliphatic carbocycles. The predicted octanol–water partition coefficient (Wildman–Crippen LogP) is 21.4. The minimum absolute atomic E-state index is 0.0728. The standard InChI is InChI=1S/C81H130O16P2/c1-4-7-10-13-16-19-22-25-28-31-34-35-36-37-38-39-42-44-46-49-52-55-58-61-64-67-79(84)91-70-76(82)71-93-98(87,88)94-72-77(83)73-95-99(89,90)96-75-78(97-81(86)69-66-63-60-57-54-51-48-45-41-33-30-27-24-21-18-15-12-9-6-3)74-92-80(85)68-65-62-59-56-53-50-47-43-40-32-29-26-23-20-17-14-11-8-5-2/h7-12,16-21,25-30,34-35,37-38,40-45,50,53,76-78,82-83H,4-6,13-15,22-24,31-33,36,39,46-49,51-52,54-75H2,1-3H3,(H,87,88)(H,89,90)/b10-7-,11-8-,12-9-,19-16-,20-17-,21-18-,28-25-,29-26-,30-27-,35-34-,38-37-,43-40-,44-42-,45-41-,53-50-. The molecule has 5 atom stereocenters. The SMILES string of the molecule is CC/C=C\C/C=C\C/C=C\C/C=C\C/C=C\C/C=C\CCCCCCCCC(=O)OCC(O)COP(=O)(O)OCC(O)COP(=O)(O)OCC(COC(=O)CCCCC/C=C\C/C=C\C/C=C\C/C=C\C/C=C\CC)OC(=O)CCCCCCCC/C=C\C/C=C\C/C=C\C/C=C\CC. The van der Waals surface area contributed by atoms with E-state index in [1.165, 1.54) is 0 Å².